The lowest BCUT2D eigenvalue weighted by molar-refractivity contribution is 0.765. The molecular weight excluding hydrogens is 284 g/mol. The van der Waals surface area contributed by atoms with E-state index in [1.54, 1.807) is 12.3 Å². The van der Waals surface area contributed by atoms with Crippen molar-refractivity contribution in [2.24, 2.45) is 10.7 Å². The van der Waals surface area contributed by atoms with Crippen LogP contribution in [0.2, 0.25) is 0 Å². The molecule has 4 N–H and O–H groups in total. The molecule has 2 rings (SSSR count). The van der Waals surface area contributed by atoms with Crippen molar-refractivity contribution in [1.29, 1.82) is 0 Å². The van der Waals surface area contributed by atoms with Gasteiger partial charge in [-0.1, -0.05) is 42.5 Å². The highest BCUT2D eigenvalue weighted by Crippen LogP contribution is 2.12. The van der Waals surface area contributed by atoms with Crippen LogP contribution in [0.25, 0.3) is 0 Å². The molecule has 0 unspecified atom stereocenters. The van der Waals surface area contributed by atoms with E-state index >= 15 is 0 Å². The molecule has 0 atom stereocenters. The van der Waals surface area contributed by atoms with Crippen LogP contribution in [0.1, 0.15) is 6.42 Å². The van der Waals surface area contributed by atoms with E-state index in [1.165, 1.54) is 17.3 Å². The summed E-state index contributed by atoms with van der Waals surface area (Å²) in [5.74, 6) is 0. The van der Waals surface area contributed by atoms with Gasteiger partial charge in [-0.25, -0.2) is 0 Å². The molecule has 1 aliphatic rings. The van der Waals surface area contributed by atoms with Crippen molar-refractivity contribution in [3.63, 3.8) is 0 Å². The predicted molar refractivity (Wildman–Crippen MR) is 99.5 cm³/mol. The number of hydrogen-bond acceptors (Lipinski definition) is 4. The summed E-state index contributed by atoms with van der Waals surface area (Å²) >= 11 is 0. The quantitative estimate of drug-likeness (QED) is 0.511. The van der Waals surface area contributed by atoms with Crippen LogP contribution in [0, 0.1) is 0 Å². The number of allylic oxidation sites excluding steroid dienone is 3. The molecule has 0 heterocycles. The van der Waals surface area contributed by atoms with Crippen LogP contribution in [0.5, 0.6) is 0 Å². The number of nitrogens with two attached hydrogens (primary N) is 1. The van der Waals surface area contributed by atoms with Crippen molar-refractivity contribution < 1.29 is 0 Å². The van der Waals surface area contributed by atoms with Gasteiger partial charge in [0.2, 0.25) is 0 Å². The van der Waals surface area contributed by atoms with Gasteiger partial charge in [0.25, 0.3) is 0 Å². The van der Waals surface area contributed by atoms with Gasteiger partial charge in [0, 0.05) is 25.0 Å². The third-order valence-electron chi connectivity index (χ3n) is 3.38. The van der Waals surface area contributed by atoms with Crippen LogP contribution in [-0.2, 0) is 0 Å². The van der Waals surface area contributed by atoms with E-state index in [1.807, 2.05) is 18.2 Å². The zero-order valence-corrected chi connectivity index (χ0v) is 13.3. The Morgan fingerprint density at radius 2 is 1.78 bits per heavy atom. The first-order valence-corrected chi connectivity index (χ1v) is 7.81. The number of rotatable bonds is 8. The summed E-state index contributed by atoms with van der Waals surface area (Å²) in [5, 5.41) is 6.72. The van der Waals surface area contributed by atoms with Crippen LogP contribution in [0.3, 0.4) is 0 Å². The van der Waals surface area contributed by atoms with E-state index in [-0.39, 0.29) is 0 Å². The second-order valence-electron chi connectivity index (χ2n) is 5.15. The molecule has 0 spiro atoms. The Kier molecular flexibility index (Phi) is 7.43. The normalized spacial score (nSPS) is 14.8. The number of hydrogen-bond donors (Lipinski definition) is 3. The lowest BCUT2D eigenvalue weighted by atomic mass is 10.2. The van der Waals surface area contributed by atoms with E-state index in [9.17, 15) is 0 Å². The molecule has 1 aromatic carbocycles. The van der Waals surface area contributed by atoms with E-state index < -0.39 is 0 Å². The zero-order valence-electron chi connectivity index (χ0n) is 13.3. The van der Waals surface area contributed by atoms with Crippen LogP contribution >= 0.6 is 0 Å². The van der Waals surface area contributed by atoms with Gasteiger partial charge in [-0.15, -0.1) is 0 Å². The number of nitrogens with zero attached hydrogens (tertiary/aromatic N) is 1. The van der Waals surface area contributed by atoms with E-state index in [4.69, 9.17) is 5.73 Å². The van der Waals surface area contributed by atoms with Gasteiger partial charge in [-0.3, -0.25) is 10.3 Å². The fourth-order valence-electron chi connectivity index (χ4n) is 2.16. The largest absolute Gasteiger partial charge is 0.405 e. The zero-order chi connectivity index (χ0) is 16.2. The molecule has 0 aliphatic heterocycles. The van der Waals surface area contributed by atoms with E-state index in [0.29, 0.717) is 6.67 Å². The highest BCUT2D eigenvalue weighted by Gasteiger charge is 1.99. The van der Waals surface area contributed by atoms with Gasteiger partial charge in [0.1, 0.15) is 0 Å². The molecular formula is C19H24N4. The Bertz CT molecular complexity index is 610. The SMILES string of the molecule is N/C=C\C=N/CNCC1=CCC=C(CNc2ccccc2)C=C1. The minimum Gasteiger partial charge on any atom is -0.405 e. The van der Waals surface area contributed by atoms with Crippen molar-refractivity contribution in [1.82, 2.24) is 5.32 Å². The molecule has 4 heteroatoms. The van der Waals surface area contributed by atoms with Crippen molar-refractivity contribution in [3.8, 4) is 0 Å². The van der Waals surface area contributed by atoms with Crippen molar-refractivity contribution in [2.75, 3.05) is 25.1 Å². The standard InChI is InChI=1S/C19H24N4/c20-12-5-13-21-16-22-14-17-6-4-7-18(11-10-17)15-23-19-8-2-1-3-9-19/h1-3,5-13,22-23H,4,14-16,20H2/b12-5-,21-13-. The van der Waals surface area contributed by atoms with Crippen LogP contribution in [-0.4, -0.2) is 26.0 Å². The lowest BCUT2D eigenvalue weighted by Crippen LogP contribution is -2.16. The molecule has 23 heavy (non-hydrogen) atoms. The van der Waals surface area contributed by atoms with Crippen molar-refractivity contribution in [3.05, 3.63) is 78.1 Å². The Labute approximate surface area is 138 Å². The maximum atomic E-state index is 5.23. The lowest BCUT2D eigenvalue weighted by Gasteiger charge is -2.06. The molecule has 0 radical (unpaired) electrons. The van der Waals surface area contributed by atoms with Crippen LogP contribution in [0.15, 0.2) is 83.1 Å². The third-order valence-corrected chi connectivity index (χ3v) is 3.38. The smallest absolute Gasteiger partial charge is 0.0887 e. The van der Waals surface area contributed by atoms with Gasteiger partial charge < -0.3 is 11.1 Å². The molecule has 120 valence electrons. The van der Waals surface area contributed by atoms with Crippen molar-refractivity contribution in [2.45, 2.75) is 6.42 Å². The second-order valence-corrected chi connectivity index (χ2v) is 5.15. The van der Waals surface area contributed by atoms with Crippen LogP contribution < -0.4 is 16.4 Å². The van der Waals surface area contributed by atoms with Gasteiger partial charge in [0.15, 0.2) is 0 Å². The fraction of sp³-hybridized carbons (Fsp3) is 0.211. The van der Waals surface area contributed by atoms with Gasteiger partial charge in [0.05, 0.1) is 6.67 Å². The minimum absolute atomic E-state index is 0.589. The molecule has 4 nitrogen and oxygen atoms in total. The summed E-state index contributed by atoms with van der Waals surface area (Å²) in [5.41, 5.74) is 8.95. The number of anilines is 1. The Hall–Kier alpha value is -2.59. The number of benzene rings is 1. The molecule has 0 saturated carbocycles. The summed E-state index contributed by atoms with van der Waals surface area (Å²) in [6.07, 6.45) is 14.7. The summed E-state index contributed by atoms with van der Waals surface area (Å²) < 4.78 is 0. The maximum absolute atomic E-state index is 5.23. The molecule has 0 amide bonds. The topological polar surface area (TPSA) is 62.4 Å². The van der Waals surface area contributed by atoms with Crippen LogP contribution in [0.4, 0.5) is 5.69 Å². The molecule has 0 fully saturated rings. The van der Waals surface area contributed by atoms with Gasteiger partial charge in [-0.05, 0) is 42.0 Å². The Morgan fingerprint density at radius 1 is 1.04 bits per heavy atom. The van der Waals surface area contributed by atoms with E-state index in [0.717, 1.165) is 25.2 Å². The first kappa shape index (κ1) is 16.8. The first-order valence-electron chi connectivity index (χ1n) is 7.81. The second kappa shape index (κ2) is 10.2. The third kappa shape index (κ3) is 6.80. The Balaban J connectivity index is 1.73. The van der Waals surface area contributed by atoms with Gasteiger partial charge in [-0.2, -0.15) is 0 Å². The minimum atomic E-state index is 0.589. The van der Waals surface area contributed by atoms with Crippen molar-refractivity contribution >= 4 is 11.9 Å². The summed E-state index contributed by atoms with van der Waals surface area (Å²) in [6, 6.07) is 10.3. The first-order chi connectivity index (χ1) is 11.4. The molecule has 0 bridgehead atoms. The molecule has 0 aromatic heterocycles. The number of para-hydroxylation sites is 1. The maximum Gasteiger partial charge on any atom is 0.0887 e. The average Bonchev–Trinajstić information content (AvgIpc) is 2.82. The molecule has 1 aliphatic carbocycles. The molecule has 0 saturated heterocycles. The summed E-state index contributed by atoms with van der Waals surface area (Å²) in [7, 11) is 0. The monoisotopic (exact) mass is 308 g/mol. The highest BCUT2D eigenvalue weighted by molar-refractivity contribution is 5.70. The highest BCUT2D eigenvalue weighted by atomic mass is 15.0. The average molecular weight is 308 g/mol. The summed E-state index contributed by atoms with van der Waals surface area (Å²) in [6.45, 7) is 2.24. The van der Waals surface area contributed by atoms with E-state index in [2.05, 4.69) is 52.1 Å². The fourth-order valence-corrected chi connectivity index (χ4v) is 2.16. The molecule has 1 aromatic rings. The Morgan fingerprint density at radius 3 is 2.52 bits per heavy atom. The summed E-state index contributed by atoms with van der Waals surface area (Å²) in [4.78, 5) is 4.17. The number of nitrogens with one attached hydrogen (secondary N) is 2. The number of aliphatic imine (C=N–C) groups is 1. The predicted octanol–water partition coefficient (Wildman–Crippen LogP) is 3.00. The van der Waals surface area contributed by atoms with Gasteiger partial charge >= 0.3 is 0 Å².